The summed E-state index contributed by atoms with van der Waals surface area (Å²) >= 11 is 0. The van der Waals surface area contributed by atoms with Crippen LogP contribution in [0.25, 0.3) is 0 Å². The number of hydrogen-bond acceptors (Lipinski definition) is 5. The number of nitrogens with zero attached hydrogens (tertiary/aromatic N) is 1. The van der Waals surface area contributed by atoms with Crippen LogP contribution >= 0.6 is 0 Å². The van der Waals surface area contributed by atoms with Crippen molar-refractivity contribution in [2.75, 3.05) is 53.7 Å². The Balaban J connectivity index is 1.90. The van der Waals surface area contributed by atoms with Gasteiger partial charge in [0.05, 0.1) is 20.3 Å². The number of guanidine groups is 1. The average molecular weight is 343 g/mol. The van der Waals surface area contributed by atoms with Crippen LogP contribution in [-0.2, 0) is 19.0 Å². The zero-order chi connectivity index (χ0) is 17.5. The monoisotopic (exact) mass is 343 g/mol. The Bertz CT molecular complexity index is 358. The minimum absolute atomic E-state index is 0.136. The Kier molecular flexibility index (Phi) is 12.1. The van der Waals surface area contributed by atoms with Gasteiger partial charge in [-0.15, -0.1) is 0 Å². The van der Waals surface area contributed by atoms with E-state index in [0.717, 1.165) is 77.6 Å². The van der Waals surface area contributed by atoms with Crippen LogP contribution < -0.4 is 10.6 Å². The highest BCUT2D eigenvalue weighted by Crippen LogP contribution is 2.12. The maximum atomic E-state index is 11.0. The lowest BCUT2D eigenvalue weighted by atomic mass is 10.1. The highest BCUT2D eigenvalue weighted by atomic mass is 16.5. The van der Waals surface area contributed by atoms with Crippen LogP contribution in [0.3, 0.4) is 0 Å². The molecule has 0 aromatic rings. The number of carbonyl (C=O) groups excluding carboxylic acids is 1. The van der Waals surface area contributed by atoms with Gasteiger partial charge in [0.25, 0.3) is 0 Å². The molecule has 1 fully saturated rings. The molecule has 0 radical (unpaired) electrons. The molecule has 7 nitrogen and oxygen atoms in total. The van der Waals surface area contributed by atoms with Gasteiger partial charge in [0.1, 0.15) is 0 Å². The molecule has 1 heterocycles. The molecule has 1 saturated heterocycles. The molecule has 7 heteroatoms. The van der Waals surface area contributed by atoms with Gasteiger partial charge in [0.2, 0.25) is 0 Å². The molecule has 1 aliphatic rings. The maximum absolute atomic E-state index is 11.0. The fraction of sp³-hybridized carbons (Fsp3) is 0.882. The lowest BCUT2D eigenvalue weighted by Gasteiger charge is -2.12. The molecule has 1 unspecified atom stereocenters. The van der Waals surface area contributed by atoms with Gasteiger partial charge in [0.15, 0.2) is 5.96 Å². The van der Waals surface area contributed by atoms with Crippen LogP contribution in [-0.4, -0.2) is 65.6 Å². The lowest BCUT2D eigenvalue weighted by molar-refractivity contribution is -0.140. The van der Waals surface area contributed by atoms with Gasteiger partial charge in [-0.05, 0) is 25.7 Å². The summed E-state index contributed by atoms with van der Waals surface area (Å²) in [6.45, 7) is 4.96. The molecule has 140 valence electrons. The first-order valence-corrected chi connectivity index (χ1v) is 8.93. The van der Waals surface area contributed by atoms with E-state index in [0.29, 0.717) is 12.3 Å². The zero-order valence-corrected chi connectivity index (χ0v) is 15.1. The van der Waals surface area contributed by atoms with Crippen LogP contribution in [0.4, 0.5) is 0 Å². The van der Waals surface area contributed by atoms with Gasteiger partial charge in [-0.3, -0.25) is 9.79 Å². The van der Waals surface area contributed by atoms with Crippen molar-refractivity contribution in [3.8, 4) is 0 Å². The summed E-state index contributed by atoms with van der Waals surface area (Å²) in [6.07, 6.45) is 5.43. The first kappa shape index (κ1) is 20.7. The molecule has 0 aromatic heterocycles. The van der Waals surface area contributed by atoms with Crippen molar-refractivity contribution < 1.29 is 19.0 Å². The third kappa shape index (κ3) is 10.4. The highest BCUT2D eigenvalue weighted by Gasteiger charge is 2.15. The number of methoxy groups -OCH3 is 1. The Morgan fingerprint density at radius 2 is 2.00 bits per heavy atom. The Labute approximate surface area is 145 Å². The van der Waals surface area contributed by atoms with Crippen LogP contribution in [0.2, 0.25) is 0 Å². The number of carbonyl (C=O) groups is 1. The Hall–Kier alpha value is -1.34. The van der Waals surface area contributed by atoms with E-state index < -0.39 is 0 Å². The molecule has 0 bridgehead atoms. The van der Waals surface area contributed by atoms with Gasteiger partial charge >= 0.3 is 5.97 Å². The van der Waals surface area contributed by atoms with Crippen molar-refractivity contribution in [2.45, 2.75) is 38.5 Å². The predicted molar refractivity (Wildman–Crippen MR) is 94.2 cm³/mol. The largest absolute Gasteiger partial charge is 0.469 e. The van der Waals surface area contributed by atoms with E-state index in [-0.39, 0.29) is 5.97 Å². The van der Waals surface area contributed by atoms with Gasteiger partial charge in [-0.2, -0.15) is 0 Å². The molecular formula is C17H33N3O4. The van der Waals surface area contributed by atoms with Gasteiger partial charge in [-0.1, -0.05) is 6.42 Å². The average Bonchev–Trinajstić information content (AvgIpc) is 3.12. The first-order valence-electron chi connectivity index (χ1n) is 8.93. The van der Waals surface area contributed by atoms with Crippen LogP contribution in [0.5, 0.6) is 0 Å². The number of nitrogens with one attached hydrogen (secondary N) is 2. The molecule has 0 spiro atoms. The molecule has 0 aliphatic carbocycles. The maximum Gasteiger partial charge on any atom is 0.305 e. The van der Waals surface area contributed by atoms with Gasteiger partial charge in [-0.25, -0.2) is 0 Å². The van der Waals surface area contributed by atoms with Crippen LogP contribution in [0.15, 0.2) is 4.99 Å². The molecule has 1 aliphatic heterocycles. The smallest absolute Gasteiger partial charge is 0.305 e. The van der Waals surface area contributed by atoms with E-state index in [4.69, 9.17) is 9.47 Å². The van der Waals surface area contributed by atoms with E-state index in [1.165, 1.54) is 7.11 Å². The second-order valence-corrected chi connectivity index (χ2v) is 5.97. The molecule has 2 N–H and O–H groups in total. The number of aliphatic imine (C=N–C) groups is 1. The lowest BCUT2D eigenvalue weighted by Crippen LogP contribution is -2.38. The zero-order valence-electron chi connectivity index (χ0n) is 15.1. The molecule has 0 saturated carbocycles. The summed E-state index contributed by atoms with van der Waals surface area (Å²) in [5.74, 6) is 1.25. The summed E-state index contributed by atoms with van der Waals surface area (Å²) in [5, 5.41) is 6.55. The van der Waals surface area contributed by atoms with E-state index >= 15 is 0 Å². The molecule has 0 aromatic carbocycles. The molecule has 24 heavy (non-hydrogen) atoms. The summed E-state index contributed by atoms with van der Waals surface area (Å²) in [7, 11) is 3.19. The third-order valence-electron chi connectivity index (χ3n) is 3.94. The Morgan fingerprint density at radius 3 is 2.67 bits per heavy atom. The predicted octanol–water partition coefficient (Wildman–Crippen LogP) is 1.33. The van der Waals surface area contributed by atoms with E-state index in [1.807, 2.05) is 0 Å². The minimum atomic E-state index is -0.136. The standard InChI is InChI=1S/C17H33N3O4/c1-18-17(19-9-5-3-4-7-16(21)22-2)20-10-6-11-23-13-15-8-12-24-14-15/h15H,3-14H2,1-2H3,(H2,18,19,20). The Morgan fingerprint density at radius 1 is 1.21 bits per heavy atom. The van der Waals surface area contributed by atoms with Crippen molar-refractivity contribution in [3.05, 3.63) is 0 Å². The van der Waals surface area contributed by atoms with Gasteiger partial charge < -0.3 is 24.8 Å². The van der Waals surface area contributed by atoms with Crippen molar-refractivity contribution in [1.82, 2.24) is 10.6 Å². The number of esters is 1. The highest BCUT2D eigenvalue weighted by molar-refractivity contribution is 5.79. The van der Waals surface area contributed by atoms with Gasteiger partial charge in [0, 0.05) is 45.7 Å². The van der Waals surface area contributed by atoms with Crippen LogP contribution in [0, 0.1) is 5.92 Å². The van der Waals surface area contributed by atoms with Crippen LogP contribution in [0.1, 0.15) is 38.5 Å². The van der Waals surface area contributed by atoms with Crippen molar-refractivity contribution in [1.29, 1.82) is 0 Å². The van der Waals surface area contributed by atoms with Crippen molar-refractivity contribution in [2.24, 2.45) is 10.9 Å². The number of unbranched alkanes of at least 4 members (excludes halogenated alkanes) is 2. The first-order chi connectivity index (χ1) is 11.8. The molecule has 0 amide bonds. The third-order valence-corrected chi connectivity index (χ3v) is 3.94. The molecule has 1 atom stereocenters. The number of ether oxygens (including phenoxy) is 3. The normalized spacial score (nSPS) is 17.8. The quantitative estimate of drug-likeness (QED) is 0.241. The fourth-order valence-electron chi connectivity index (χ4n) is 2.45. The second kappa shape index (κ2) is 14.0. The number of hydrogen-bond donors (Lipinski definition) is 2. The van der Waals surface area contributed by atoms with Crippen molar-refractivity contribution in [3.63, 3.8) is 0 Å². The van der Waals surface area contributed by atoms with E-state index in [1.54, 1.807) is 7.05 Å². The second-order valence-electron chi connectivity index (χ2n) is 5.97. The van der Waals surface area contributed by atoms with E-state index in [2.05, 4.69) is 20.4 Å². The SMILES string of the molecule is CN=C(NCCCCCC(=O)OC)NCCCOCC1CCOC1. The van der Waals surface area contributed by atoms with Crippen molar-refractivity contribution >= 4 is 11.9 Å². The van der Waals surface area contributed by atoms with E-state index in [9.17, 15) is 4.79 Å². The topological polar surface area (TPSA) is 81.2 Å². The summed E-state index contributed by atoms with van der Waals surface area (Å²) in [6, 6.07) is 0. The summed E-state index contributed by atoms with van der Waals surface area (Å²) in [4.78, 5) is 15.2. The summed E-state index contributed by atoms with van der Waals surface area (Å²) in [5.41, 5.74) is 0. The molecular weight excluding hydrogens is 310 g/mol. The molecule has 1 rings (SSSR count). The fourth-order valence-corrected chi connectivity index (χ4v) is 2.45. The number of rotatable bonds is 12. The summed E-state index contributed by atoms with van der Waals surface area (Å²) < 4.78 is 15.6. The minimum Gasteiger partial charge on any atom is -0.469 e.